The quantitative estimate of drug-likeness (QED) is 0.691. The summed E-state index contributed by atoms with van der Waals surface area (Å²) in [5, 5.41) is 0. The van der Waals surface area contributed by atoms with Gasteiger partial charge in [0, 0.05) is 38.0 Å². The van der Waals surface area contributed by atoms with Crippen LogP contribution in [0.3, 0.4) is 0 Å². The molecule has 2 bridgehead atoms. The Hall–Kier alpha value is -1.91. The molecule has 5 heteroatoms. The molecule has 1 aromatic carbocycles. The van der Waals surface area contributed by atoms with E-state index < -0.39 is 0 Å². The van der Waals surface area contributed by atoms with Crippen LogP contribution in [0.15, 0.2) is 24.3 Å². The molecule has 3 heterocycles. The lowest BCUT2D eigenvalue weighted by Crippen LogP contribution is -2.65. The number of nitrogens with zero attached hydrogens (tertiary/aromatic N) is 2. The van der Waals surface area contributed by atoms with Gasteiger partial charge in [0.2, 0.25) is 11.8 Å². The Kier molecular flexibility index (Phi) is 6.45. The van der Waals surface area contributed by atoms with Crippen molar-refractivity contribution in [2.24, 2.45) is 17.8 Å². The van der Waals surface area contributed by atoms with Gasteiger partial charge < -0.3 is 9.80 Å². The Labute approximate surface area is 179 Å². The smallest absolute Gasteiger partial charge is 0.223 e. The van der Waals surface area contributed by atoms with E-state index in [1.807, 2.05) is 0 Å². The number of fused-ring (bicyclic) bond motifs is 4. The highest BCUT2D eigenvalue weighted by molar-refractivity contribution is 5.79. The van der Waals surface area contributed by atoms with Crippen molar-refractivity contribution in [3.8, 4) is 0 Å². The topological polar surface area (TPSA) is 40.6 Å². The van der Waals surface area contributed by atoms with E-state index in [2.05, 4.69) is 23.6 Å². The van der Waals surface area contributed by atoms with Gasteiger partial charge in [-0.3, -0.25) is 9.59 Å². The zero-order valence-electron chi connectivity index (χ0n) is 18.4. The van der Waals surface area contributed by atoms with Gasteiger partial charge in [0.15, 0.2) is 0 Å². The number of amides is 2. The molecular weight excluding hydrogens is 379 g/mol. The average molecular weight is 415 g/mol. The number of piperidine rings is 3. The summed E-state index contributed by atoms with van der Waals surface area (Å²) in [4.78, 5) is 30.2. The minimum absolute atomic E-state index is 0.201. The molecule has 4 rings (SSSR count). The van der Waals surface area contributed by atoms with Gasteiger partial charge in [-0.15, -0.1) is 0 Å². The summed E-state index contributed by atoms with van der Waals surface area (Å²) < 4.78 is 13.1. The molecule has 4 nitrogen and oxygen atoms in total. The molecule has 0 spiro atoms. The fourth-order valence-corrected chi connectivity index (χ4v) is 5.92. The molecule has 0 aliphatic carbocycles. The van der Waals surface area contributed by atoms with Gasteiger partial charge in [0.05, 0.1) is 0 Å². The van der Waals surface area contributed by atoms with Crippen LogP contribution in [0.5, 0.6) is 0 Å². The van der Waals surface area contributed by atoms with Gasteiger partial charge in [-0.1, -0.05) is 26.0 Å². The molecule has 3 saturated heterocycles. The van der Waals surface area contributed by atoms with Gasteiger partial charge in [0.1, 0.15) is 5.82 Å². The number of rotatable bonds is 6. The second-order valence-electron chi connectivity index (χ2n) is 9.98. The van der Waals surface area contributed by atoms with Crippen LogP contribution in [-0.2, 0) is 16.0 Å². The lowest BCUT2D eigenvalue weighted by Gasteiger charge is -2.57. The number of aryl methyl sites for hydroxylation is 1. The molecule has 164 valence electrons. The molecule has 0 aromatic heterocycles. The molecule has 3 aliphatic rings. The summed E-state index contributed by atoms with van der Waals surface area (Å²) in [5.41, 5.74) is 1.00. The van der Waals surface area contributed by atoms with Gasteiger partial charge in [-0.25, -0.2) is 4.39 Å². The number of benzene rings is 1. The summed E-state index contributed by atoms with van der Waals surface area (Å²) in [6.07, 6.45) is 7.20. The largest absolute Gasteiger partial charge is 0.342 e. The SMILES string of the molecule is CC(C)CC[C@H]1[C@H]2C[C@H](CN(C(=O)CCc3ccc(F)cc3)C2)[C@@H]2CCCC(=O)N21. The lowest BCUT2D eigenvalue weighted by molar-refractivity contribution is -0.156. The Morgan fingerprint density at radius 1 is 1.17 bits per heavy atom. The first-order valence-electron chi connectivity index (χ1n) is 11.8. The van der Waals surface area contributed by atoms with Crippen molar-refractivity contribution in [2.75, 3.05) is 13.1 Å². The normalized spacial score (nSPS) is 28.6. The van der Waals surface area contributed by atoms with Crippen LogP contribution in [-0.4, -0.2) is 46.8 Å². The van der Waals surface area contributed by atoms with Crippen LogP contribution < -0.4 is 0 Å². The third-order valence-electron chi connectivity index (χ3n) is 7.43. The number of likely N-dealkylation sites (tertiary alicyclic amines) is 1. The van der Waals surface area contributed by atoms with Crippen LogP contribution >= 0.6 is 0 Å². The summed E-state index contributed by atoms with van der Waals surface area (Å²) in [6.45, 7) is 6.04. The maximum Gasteiger partial charge on any atom is 0.223 e. The molecule has 1 aromatic rings. The third-order valence-corrected chi connectivity index (χ3v) is 7.43. The number of carbonyl (C=O) groups excluding carboxylic acids is 2. The maximum atomic E-state index is 13.1. The highest BCUT2D eigenvalue weighted by Gasteiger charge is 2.49. The van der Waals surface area contributed by atoms with Crippen LogP contribution in [0.25, 0.3) is 0 Å². The van der Waals surface area contributed by atoms with Crippen molar-refractivity contribution in [3.63, 3.8) is 0 Å². The van der Waals surface area contributed by atoms with Crippen molar-refractivity contribution < 1.29 is 14.0 Å². The Bertz CT molecular complexity index is 763. The van der Waals surface area contributed by atoms with Crippen molar-refractivity contribution in [3.05, 3.63) is 35.6 Å². The van der Waals surface area contributed by atoms with Crippen molar-refractivity contribution in [1.82, 2.24) is 9.80 Å². The molecule has 4 atom stereocenters. The lowest BCUT2D eigenvalue weighted by atomic mass is 9.70. The highest BCUT2D eigenvalue weighted by atomic mass is 19.1. The predicted molar refractivity (Wildman–Crippen MR) is 115 cm³/mol. The van der Waals surface area contributed by atoms with Crippen LogP contribution in [0.2, 0.25) is 0 Å². The fourth-order valence-electron chi connectivity index (χ4n) is 5.92. The summed E-state index contributed by atoms with van der Waals surface area (Å²) >= 11 is 0. The van der Waals surface area contributed by atoms with Crippen molar-refractivity contribution in [2.45, 2.75) is 77.3 Å². The van der Waals surface area contributed by atoms with Gasteiger partial charge in [0.25, 0.3) is 0 Å². The zero-order valence-corrected chi connectivity index (χ0v) is 18.4. The molecule has 30 heavy (non-hydrogen) atoms. The minimum atomic E-state index is -0.243. The van der Waals surface area contributed by atoms with Crippen molar-refractivity contribution >= 4 is 11.8 Å². The average Bonchev–Trinajstić information content (AvgIpc) is 2.73. The van der Waals surface area contributed by atoms with E-state index in [-0.39, 0.29) is 17.8 Å². The number of carbonyl (C=O) groups is 2. The first kappa shape index (κ1) is 21.3. The zero-order chi connectivity index (χ0) is 21.3. The number of hydrogen-bond donors (Lipinski definition) is 0. The maximum absolute atomic E-state index is 13.1. The minimum Gasteiger partial charge on any atom is -0.342 e. The van der Waals surface area contributed by atoms with E-state index in [0.29, 0.717) is 49.0 Å². The molecule has 0 N–H and O–H groups in total. The molecule has 3 fully saturated rings. The Balaban J connectivity index is 1.44. The first-order chi connectivity index (χ1) is 14.4. The number of halogens is 1. The summed E-state index contributed by atoms with van der Waals surface area (Å²) in [6, 6.07) is 7.04. The monoisotopic (exact) mass is 414 g/mol. The molecular formula is C25H35FN2O2. The highest BCUT2D eigenvalue weighted by Crippen LogP contribution is 2.43. The first-order valence-corrected chi connectivity index (χ1v) is 11.8. The Morgan fingerprint density at radius 3 is 2.63 bits per heavy atom. The van der Waals surface area contributed by atoms with E-state index in [4.69, 9.17) is 0 Å². The predicted octanol–water partition coefficient (Wildman–Crippen LogP) is 4.42. The molecule has 0 radical (unpaired) electrons. The van der Waals surface area contributed by atoms with E-state index in [9.17, 15) is 14.0 Å². The molecule has 3 aliphatic heterocycles. The van der Waals surface area contributed by atoms with Crippen LogP contribution in [0.1, 0.15) is 64.4 Å². The van der Waals surface area contributed by atoms with E-state index in [1.54, 1.807) is 12.1 Å². The molecule has 2 amide bonds. The van der Waals surface area contributed by atoms with E-state index in [1.165, 1.54) is 12.1 Å². The standard InChI is InChI=1S/C25H35FN2O2/c1-17(2)6-12-23-20-14-19(22-4-3-5-25(30)28(22)23)15-27(16-20)24(29)13-9-18-7-10-21(26)11-8-18/h7-8,10-11,17,19-20,22-23H,3-6,9,12-16H2,1-2H3/t19-,20+,22+,23+/m1/s1. The van der Waals surface area contributed by atoms with E-state index in [0.717, 1.165) is 50.8 Å². The summed E-state index contributed by atoms with van der Waals surface area (Å²) in [5.74, 6) is 1.73. The third kappa shape index (κ3) is 4.55. The number of hydrogen-bond acceptors (Lipinski definition) is 2. The van der Waals surface area contributed by atoms with Crippen molar-refractivity contribution in [1.29, 1.82) is 0 Å². The van der Waals surface area contributed by atoms with Crippen LogP contribution in [0, 0.1) is 23.6 Å². The van der Waals surface area contributed by atoms with Gasteiger partial charge in [-0.2, -0.15) is 0 Å². The second-order valence-corrected chi connectivity index (χ2v) is 9.98. The van der Waals surface area contributed by atoms with Gasteiger partial charge in [-0.05, 0) is 74.0 Å². The van der Waals surface area contributed by atoms with Crippen LogP contribution in [0.4, 0.5) is 4.39 Å². The summed E-state index contributed by atoms with van der Waals surface area (Å²) in [7, 11) is 0. The molecule has 0 saturated carbocycles. The second kappa shape index (κ2) is 9.07. The Morgan fingerprint density at radius 2 is 1.90 bits per heavy atom. The molecule has 0 unspecified atom stereocenters. The fraction of sp³-hybridized carbons (Fsp3) is 0.680. The van der Waals surface area contributed by atoms with E-state index >= 15 is 0 Å². The van der Waals surface area contributed by atoms with Gasteiger partial charge >= 0.3 is 0 Å².